The van der Waals surface area contributed by atoms with Crippen LogP contribution < -0.4 is 5.32 Å². The third kappa shape index (κ3) is 3.14. The average molecular weight is 330 g/mol. The Morgan fingerprint density at radius 2 is 2.17 bits per heavy atom. The summed E-state index contributed by atoms with van der Waals surface area (Å²) >= 11 is 0.895. The predicted molar refractivity (Wildman–Crippen MR) is 87.7 cm³/mol. The fourth-order valence-corrected chi connectivity index (χ4v) is 3.12. The number of carbonyl (C=O) groups excluding carboxylic acids is 3. The molecule has 0 saturated carbocycles. The second kappa shape index (κ2) is 6.29. The van der Waals surface area contributed by atoms with Crippen LogP contribution in [0.15, 0.2) is 35.4 Å². The van der Waals surface area contributed by atoms with Crippen LogP contribution in [0.3, 0.4) is 0 Å². The number of methoxy groups -OCH3 is 1. The van der Waals surface area contributed by atoms with Gasteiger partial charge in [-0.3, -0.25) is 19.7 Å². The summed E-state index contributed by atoms with van der Waals surface area (Å²) in [6.07, 6.45) is 3.89. The standard InChI is InChI=1S/C16H14N2O4S/c1-22-14(19)6-8-18-7-5-11-10(3-2-4-12(11)18)9-13-15(20)17-16(21)23-13/h2-5,7,9H,6,8H2,1H3,(H,17,20,21). The summed E-state index contributed by atoms with van der Waals surface area (Å²) in [5.41, 5.74) is 1.81. The van der Waals surface area contributed by atoms with E-state index in [4.69, 9.17) is 0 Å². The maximum Gasteiger partial charge on any atom is 0.307 e. The molecule has 0 unspecified atom stereocenters. The van der Waals surface area contributed by atoms with Crippen molar-refractivity contribution in [2.45, 2.75) is 13.0 Å². The first-order chi connectivity index (χ1) is 11.1. The summed E-state index contributed by atoms with van der Waals surface area (Å²) in [6.45, 7) is 0.518. The monoisotopic (exact) mass is 330 g/mol. The largest absolute Gasteiger partial charge is 0.469 e. The van der Waals surface area contributed by atoms with E-state index in [0.717, 1.165) is 28.2 Å². The molecule has 1 saturated heterocycles. The van der Waals surface area contributed by atoms with E-state index in [-0.39, 0.29) is 17.1 Å². The molecule has 0 atom stereocenters. The number of hydrogen-bond acceptors (Lipinski definition) is 5. The number of thioether (sulfide) groups is 1. The van der Waals surface area contributed by atoms with Crippen molar-refractivity contribution in [3.8, 4) is 0 Å². The molecule has 1 aliphatic heterocycles. The Bertz CT molecular complexity index is 838. The molecule has 7 heteroatoms. The highest BCUT2D eigenvalue weighted by Gasteiger charge is 2.25. The SMILES string of the molecule is COC(=O)CCn1ccc2c(C=C3SC(=O)NC3=O)cccc21. The number of imide groups is 1. The predicted octanol–water partition coefficient (Wildman–Crippen LogP) is 2.53. The summed E-state index contributed by atoms with van der Waals surface area (Å²) in [5, 5.41) is 2.84. The van der Waals surface area contributed by atoms with Gasteiger partial charge < -0.3 is 9.30 Å². The van der Waals surface area contributed by atoms with Crippen molar-refractivity contribution >= 4 is 45.9 Å². The maximum absolute atomic E-state index is 11.7. The Kier molecular flexibility index (Phi) is 4.20. The van der Waals surface area contributed by atoms with E-state index in [1.54, 1.807) is 6.08 Å². The van der Waals surface area contributed by atoms with Gasteiger partial charge in [0.25, 0.3) is 11.1 Å². The number of nitrogens with one attached hydrogen (secondary N) is 1. The first kappa shape index (κ1) is 15.4. The normalized spacial score (nSPS) is 16.1. The van der Waals surface area contributed by atoms with Gasteiger partial charge in [-0.15, -0.1) is 0 Å². The molecule has 1 N–H and O–H groups in total. The van der Waals surface area contributed by atoms with E-state index in [9.17, 15) is 14.4 Å². The molecule has 0 spiro atoms. The minimum atomic E-state index is -0.373. The molecule has 118 valence electrons. The lowest BCUT2D eigenvalue weighted by Gasteiger charge is -2.05. The highest BCUT2D eigenvalue weighted by molar-refractivity contribution is 8.18. The molecule has 2 heterocycles. The Labute approximate surface area is 136 Å². The molecular formula is C16H14N2O4S. The molecule has 6 nitrogen and oxygen atoms in total. The molecule has 1 aromatic carbocycles. The van der Waals surface area contributed by atoms with Crippen LogP contribution in [-0.4, -0.2) is 28.8 Å². The Morgan fingerprint density at radius 3 is 2.87 bits per heavy atom. The maximum atomic E-state index is 11.7. The van der Waals surface area contributed by atoms with Crippen molar-refractivity contribution in [1.82, 2.24) is 9.88 Å². The molecule has 1 aromatic heterocycles. The van der Waals surface area contributed by atoms with Crippen molar-refractivity contribution in [3.05, 3.63) is 40.9 Å². The molecule has 0 bridgehead atoms. The zero-order valence-electron chi connectivity index (χ0n) is 12.4. The van der Waals surface area contributed by atoms with Gasteiger partial charge in [0.15, 0.2) is 0 Å². The Balaban J connectivity index is 1.93. The van der Waals surface area contributed by atoms with Crippen LogP contribution in [-0.2, 0) is 20.9 Å². The Hall–Kier alpha value is -2.54. The van der Waals surface area contributed by atoms with Gasteiger partial charge in [0.1, 0.15) is 0 Å². The number of nitrogens with zero attached hydrogens (tertiary/aromatic N) is 1. The van der Waals surface area contributed by atoms with E-state index >= 15 is 0 Å². The first-order valence-corrected chi connectivity index (χ1v) is 7.79. The highest BCUT2D eigenvalue weighted by atomic mass is 32.2. The van der Waals surface area contributed by atoms with Gasteiger partial charge in [0.05, 0.1) is 18.4 Å². The number of aryl methyl sites for hydroxylation is 1. The van der Waals surface area contributed by atoms with Gasteiger partial charge in [-0.25, -0.2) is 0 Å². The molecule has 23 heavy (non-hydrogen) atoms. The molecule has 2 amide bonds. The lowest BCUT2D eigenvalue weighted by molar-refractivity contribution is -0.140. The zero-order chi connectivity index (χ0) is 16.4. The van der Waals surface area contributed by atoms with E-state index in [0.29, 0.717) is 17.9 Å². The van der Waals surface area contributed by atoms with Crippen LogP contribution >= 0.6 is 11.8 Å². The molecule has 0 radical (unpaired) electrons. The summed E-state index contributed by atoms with van der Waals surface area (Å²) in [7, 11) is 1.37. The summed E-state index contributed by atoms with van der Waals surface area (Å²) in [4.78, 5) is 34.6. The van der Waals surface area contributed by atoms with Crippen molar-refractivity contribution in [3.63, 3.8) is 0 Å². The van der Waals surface area contributed by atoms with Crippen LogP contribution in [0, 0.1) is 0 Å². The van der Waals surface area contributed by atoms with Gasteiger partial charge in [0.2, 0.25) is 0 Å². The number of carbonyl (C=O) groups is 3. The van der Waals surface area contributed by atoms with Gasteiger partial charge >= 0.3 is 5.97 Å². The van der Waals surface area contributed by atoms with Crippen molar-refractivity contribution in [1.29, 1.82) is 0 Å². The van der Waals surface area contributed by atoms with E-state index in [2.05, 4.69) is 10.1 Å². The van der Waals surface area contributed by atoms with Crippen LogP contribution in [0.5, 0.6) is 0 Å². The number of ether oxygens (including phenoxy) is 1. The summed E-state index contributed by atoms with van der Waals surface area (Å²) in [5.74, 6) is -0.634. The molecule has 1 fully saturated rings. The number of hydrogen-bond donors (Lipinski definition) is 1. The smallest absolute Gasteiger partial charge is 0.307 e. The van der Waals surface area contributed by atoms with Crippen LogP contribution in [0.2, 0.25) is 0 Å². The number of esters is 1. The van der Waals surface area contributed by atoms with Gasteiger partial charge in [-0.05, 0) is 35.5 Å². The van der Waals surface area contributed by atoms with Crippen LogP contribution in [0.25, 0.3) is 17.0 Å². The fourth-order valence-electron chi connectivity index (χ4n) is 2.44. The van der Waals surface area contributed by atoms with Crippen molar-refractivity contribution in [2.24, 2.45) is 0 Å². The number of rotatable bonds is 4. The van der Waals surface area contributed by atoms with E-state index < -0.39 is 0 Å². The van der Waals surface area contributed by atoms with E-state index in [1.807, 2.05) is 35.0 Å². The first-order valence-electron chi connectivity index (χ1n) is 6.98. The highest BCUT2D eigenvalue weighted by Crippen LogP contribution is 2.29. The minimum Gasteiger partial charge on any atom is -0.469 e. The summed E-state index contributed by atoms with van der Waals surface area (Å²) in [6, 6.07) is 7.64. The molecule has 2 aromatic rings. The molecule has 1 aliphatic rings. The van der Waals surface area contributed by atoms with Crippen molar-refractivity contribution < 1.29 is 19.1 Å². The number of benzene rings is 1. The Morgan fingerprint density at radius 1 is 1.35 bits per heavy atom. The van der Waals surface area contributed by atoms with Gasteiger partial charge in [0, 0.05) is 23.6 Å². The molecular weight excluding hydrogens is 316 g/mol. The lowest BCUT2D eigenvalue weighted by atomic mass is 10.1. The summed E-state index contributed by atoms with van der Waals surface area (Å²) < 4.78 is 6.61. The average Bonchev–Trinajstić information content (AvgIpc) is 3.09. The van der Waals surface area contributed by atoms with E-state index in [1.165, 1.54) is 7.11 Å². The van der Waals surface area contributed by atoms with Crippen molar-refractivity contribution in [2.75, 3.05) is 7.11 Å². The van der Waals surface area contributed by atoms with Crippen LogP contribution in [0.4, 0.5) is 4.79 Å². The van der Waals surface area contributed by atoms with Gasteiger partial charge in [-0.1, -0.05) is 12.1 Å². The minimum absolute atomic E-state index is 0.261. The third-order valence-electron chi connectivity index (χ3n) is 3.56. The van der Waals surface area contributed by atoms with Gasteiger partial charge in [-0.2, -0.15) is 0 Å². The third-order valence-corrected chi connectivity index (χ3v) is 4.37. The second-order valence-corrected chi connectivity index (χ2v) is 5.98. The fraction of sp³-hybridized carbons (Fsp3) is 0.188. The number of aromatic nitrogens is 1. The topological polar surface area (TPSA) is 77.4 Å². The molecule has 3 rings (SSSR count). The molecule has 0 aliphatic carbocycles. The zero-order valence-corrected chi connectivity index (χ0v) is 13.2. The van der Waals surface area contributed by atoms with Crippen LogP contribution in [0.1, 0.15) is 12.0 Å². The number of amides is 2. The number of fused-ring (bicyclic) bond motifs is 1. The lowest BCUT2D eigenvalue weighted by Crippen LogP contribution is -2.17. The quantitative estimate of drug-likeness (QED) is 0.688. The second-order valence-electron chi connectivity index (χ2n) is 4.97.